The second-order valence-corrected chi connectivity index (χ2v) is 11.3. The molecule has 0 N–H and O–H groups in total. The van der Waals surface area contributed by atoms with Gasteiger partial charge in [-0.3, -0.25) is 9.59 Å². The number of carbonyl (C=O) groups excluding carboxylic acids is 2. The molecule has 244 valence electrons. The summed E-state index contributed by atoms with van der Waals surface area (Å²) in [7, 11) is 1.32. The molecular weight excluding hydrogens is 653 g/mol. The monoisotopic (exact) mass is 676 g/mol. The number of benzene rings is 4. The maximum atomic E-state index is 14.1. The first-order chi connectivity index (χ1) is 22.2. The van der Waals surface area contributed by atoms with E-state index in [0.29, 0.717) is 28.8 Å². The van der Waals surface area contributed by atoms with Crippen molar-refractivity contribution in [3.05, 3.63) is 130 Å². The summed E-state index contributed by atoms with van der Waals surface area (Å²) in [6, 6.07) is 17.1. The number of hydrazone groups is 1. The molecule has 4 aromatic carbocycles. The summed E-state index contributed by atoms with van der Waals surface area (Å²) in [5, 5.41) is 3.94. The number of methoxy groups -OCH3 is 1. The van der Waals surface area contributed by atoms with Crippen molar-refractivity contribution in [1.82, 2.24) is 5.01 Å². The van der Waals surface area contributed by atoms with Crippen LogP contribution in [0.5, 0.6) is 11.5 Å². The Kier molecular flexibility index (Phi) is 9.34. The summed E-state index contributed by atoms with van der Waals surface area (Å²) in [6.45, 7) is 1.47. The van der Waals surface area contributed by atoms with Crippen LogP contribution in [-0.2, 0) is 19.0 Å². The molecule has 0 spiro atoms. The van der Waals surface area contributed by atoms with Crippen LogP contribution < -0.4 is 9.47 Å². The largest absolute Gasteiger partial charge is 0.492 e. The van der Waals surface area contributed by atoms with Gasteiger partial charge >= 0.3 is 12.4 Å². The van der Waals surface area contributed by atoms with Crippen LogP contribution in [0.15, 0.2) is 90.0 Å². The van der Waals surface area contributed by atoms with Crippen molar-refractivity contribution >= 4 is 28.5 Å². The summed E-state index contributed by atoms with van der Waals surface area (Å²) in [5.74, 6) is -1.69. The number of thioether (sulfide) groups is 1. The fourth-order valence-electron chi connectivity index (χ4n) is 4.72. The van der Waals surface area contributed by atoms with Crippen molar-refractivity contribution in [2.24, 2.45) is 5.10 Å². The van der Waals surface area contributed by atoms with Crippen LogP contribution in [0.3, 0.4) is 0 Å². The van der Waals surface area contributed by atoms with Gasteiger partial charge < -0.3 is 9.47 Å². The number of ketones is 1. The van der Waals surface area contributed by atoms with Crippen molar-refractivity contribution in [1.29, 1.82) is 0 Å². The molecule has 0 saturated heterocycles. The van der Waals surface area contributed by atoms with Crippen LogP contribution in [0.4, 0.5) is 30.7 Å². The normalized spacial score (nSPS) is 15.0. The Balaban J connectivity index is 1.55. The molecule has 0 aliphatic carbocycles. The number of Topliss-reactive ketones (excluding diaryl/α,β-unsaturated/α-hetero) is 1. The number of para-hydroxylation sites is 1. The predicted molar refractivity (Wildman–Crippen MR) is 160 cm³/mol. The average Bonchev–Trinajstić information content (AvgIpc) is 3.48. The number of ether oxygens (including phenoxy) is 2. The fourth-order valence-corrected chi connectivity index (χ4v) is 5.89. The zero-order valence-corrected chi connectivity index (χ0v) is 25.3. The lowest BCUT2D eigenvalue weighted by molar-refractivity contribution is -0.143. The first-order valence-electron chi connectivity index (χ1n) is 13.7. The van der Waals surface area contributed by atoms with Crippen molar-refractivity contribution in [3.63, 3.8) is 0 Å². The highest BCUT2D eigenvalue weighted by Gasteiger charge is 2.43. The van der Waals surface area contributed by atoms with Crippen LogP contribution >= 0.6 is 11.8 Å². The molecule has 0 bridgehead atoms. The van der Waals surface area contributed by atoms with E-state index in [1.165, 1.54) is 32.2 Å². The minimum Gasteiger partial charge on any atom is -0.492 e. The van der Waals surface area contributed by atoms with Gasteiger partial charge in [-0.1, -0.05) is 48.2 Å². The minimum absolute atomic E-state index is 0.0380. The van der Waals surface area contributed by atoms with Gasteiger partial charge in [0.25, 0.3) is 5.91 Å². The quantitative estimate of drug-likeness (QED) is 0.138. The molecular formula is C33H23F7N2O4S. The Hall–Kier alpha value is -4.85. The molecule has 4 aromatic rings. The van der Waals surface area contributed by atoms with E-state index in [9.17, 15) is 40.3 Å². The number of hydrogen-bond donors (Lipinski definition) is 0. The molecule has 6 nitrogen and oxygen atoms in total. The standard InChI is InChI=1S/C33H23F7N2O4S/c1-18(43)20-8-6-19(7-9-20)17-46-27-5-3-4-25(28(27)45-2)31-42(41-29(47-31)21-10-13-23(34)14-11-21)30(44)24-15-12-22(32(35,36)37)16-26(24)33(38,39)40/h3-16,31H,17H2,1-2H3. The number of amides is 1. The summed E-state index contributed by atoms with van der Waals surface area (Å²) in [5.41, 5.74) is -2.62. The molecule has 0 fully saturated rings. The molecule has 1 aliphatic rings. The van der Waals surface area contributed by atoms with Crippen LogP contribution in [0.2, 0.25) is 0 Å². The third-order valence-corrected chi connectivity index (χ3v) is 8.28. The molecule has 0 radical (unpaired) electrons. The Morgan fingerprint density at radius 3 is 2.17 bits per heavy atom. The lowest BCUT2D eigenvalue weighted by Crippen LogP contribution is -2.29. The van der Waals surface area contributed by atoms with Gasteiger partial charge in [0.15, 0.2) is 17.3 Å². The molecule has 0 aromatic heterocycles. The van der Waals surface area contributed by atoms with E-state index in [2.05, 4.69) is 5.10 Å². The van der Waals surface area contributed by atoms with E-state index in [1.807, 2.05) is 0 Å². The molecule has 47 heavy (non-hydrogen) atoms. The van der Waals surface area contributed by atoms with Crippen molar-refractivity contribution in [2.75, 3.05) is 7.11 Å². The number of rotatable bonds is 8. The van der Waals surface area contributed by atoms with E-state index in [4.69, 9.17) is 9.47 Å². The molecule has 1 aliphatic heterocycles. The van der Waals surface area contributed by atoms with Gasteiger partial charge in [-0.15, -0.1) is 0 Å². The van der Waals surface area contributed by atoms with Crippen LogP contribution in [0.25, 0.3) is 0 Å². The molecule has 1 heterocycles. The fraction of sp³-hybridized carbons (Fsp3) is 0.182. The van der Waals surface area contributed by atoms with E-state index in [-0.39, 0.29) is 40.6 Å². The number of nitrogens with zero attached hydrogens (tertiary/aromatic N) is 2. The highest BCUT2D eigenvalue weighted by Crippen LogP contribution is 2.48. The smallest absolute Gasteiger partial charge is 0.417 e. The number of halogens is 7. The van der Waals surface area contributed by atoms with Gasteiger partial charge in [0, 0.05) is 16.7 Å². The van der Waals surface area contributed by atoms with E-state index >= 15 is 0 Å². The minimum atomic E-state index is -5.31. The first kappa shape index (κ1) is 33.5. The van der Waals surface area contributed by atoms with Gasteiger partial charge in [-0.2, -0.15) is 31.4 Å². The SMILES string of the molecule is COc1c(OCc2ccc(C(C)=O)cc2)cccc1C1SC(c2ccc(F)cc2)=NN1C(=O)c1ccc(C(F)(F)F)cc1C(F)(F)F. The van der Waals surface area contributed by atoms with Gasteiger partial charge in [0.2, 0.25) is 0 Å². The van der Waals surface area contributed by atoms with Gasteiger partial charge in [0.1, 0.15) is 22.8 Å². The first-order valence-corrected chi connectivity index (χ1v) is 14.6. The third-order valence-electron chi connectivity index (χ3n) is 7.06. The Labute approximate surface area is 267 Å². The lowest BCUT2D eigenvalue weighted by Gasteiger charge is -2.25. The molecule has 14 heteroatoms. The third kappa shape index (κ3) is 7.27. The van der Waals surface area contributed by atoms with E-state index in [0.717, 1.165) is 28.9 Å². The highest BCUT2D eigenvalue weighted by atomic mass is 32.2. The molecule has 1 unspecified atom stereocenters. The molecule has 0 saturated carbocycles. The second kappa shape index (κ2) is 13.1. The lowest BCUT2D eigenvalue weighted by atomic mass is 10.0. The summed E-state index contributed by atoms with van der Waals surface area (Å²) >= 11 is 0.935. The van der Waals surface area contributed by atoms with Crippen molar-refractivity contribution in [3.8, 4) is 11.5 Å². The summed E-state index contributed by atoms with van der Waals surface area (Å²) < 4.78 is 107. The Bertz CT molecular complexity index is 1840. The maximum absolute atomic E-state index is 14.1. The number of alkyl halides is 6. The van der Waals surface area contributed by atoms with Gasteiger partial charge in [-0.25, -0.2) is 9.40 Å². The second-order valence-electron chi connectivity index (χ2n) is 10.2. The van der Waals surface area contributed by atoms with Crippen molar-refractivity contribution in [2.45, 2.75) is 31.3 Å². The highest BCUT2D eigenvalue weighted by molar-refractivity contribution is 8.14. The van der Waals surface area contributed by atoms with Crippen molar-refractivity contribution < 1.29 is 49.8 Å². The van der Waals surface area contributed by atoms with E-state index in [1.54, 1.807) is 36.4 Å². The summed E-state index contributed by atoms with van der Waals surface area (Å²) in [4.78, 5) is 25.4. The Morgan fingerprint density at radius 1 is 0.894 bits per heavy atom. The predicted octanol–water partition coefficient (Wildman–Crippen LogP) is 8.90. The number of carbonyl (C=O) groups is 2. The van der Waals surface area contributed by atoms with Gasteiger partial charge in [-0.05, 0) is 61.0 Å². The molecule has 1 amide bonds. The molecule has 1 atom stereocenters. The van der Waals surface area contributed by atoms with Crippen LogP contribution in [0, 0.1) is 5.82 Å². The molecule has 5 rings (SSSR count). The van der Waals surface area contributed by atoms with Crippen LogP contribution in [-0.4, -0.2) is 28.9 Å². The topological polar surface area (TPSA) is 68.2 Å². The van der Waals surface area contributed by atoms with E-state index < -0.39 is 46.1 Å². The summed E-state index contributed by atoms with van der Waals surface area (Å²) in [6.07, 6.45) is -10.4. The Morgan fingerprint density at radius 2 is 1.57 bits per heavy atom. The zero-order chi connectivity index (χ0) is 34.1. The van der Waals surface area contributed by atoms with Crippen LogP contribution in [0.1, 0.15) is 60.8 Å². The average molecular weight is 677 g/mol. The zero-order valence-electron chi connectivity index (χ0n) is 24.4. The van der Waals surface area contributed by atoms with Gasteiger partial charge in [0.05, 0.1) is 23.8 Å². The number of hydrogen-bond acceptors (Lipinski definition) is 6. The maximum Gasteiger partial charge on any atom is 0.417 e.